The molecule has 3 nitrogen and oxygen atoms in total. The maximum absolute atomic E-state index is 6.13. The van der Waals surface area contributed by atoms with Gasteiger partial charge in [-0.3, -0.25) is 0 Å². The van der Waals surface area contributed by atoms with E-state index in [9.17, 15) is 0 Å². The first kappa shape index (κ1) is 12.1. The first-order chi connectivity index (χ1) is 8.15. The summed E-state index contributed by atoms with van der Waals surface area (Å²) in [4.78, 5) is 13.0. The van der Waals surface area contributed by atoms with Crippen LogP contribution in [0.3, 0.4) is 0 Å². The van der Waals surface area contributed by atoms with Gasteiger partial charge in [-0.05, 0) is 35.4 Å². The average molecular weight is 398 g/mol. The SMILES string of the molecule is Clc1cnc(-c2nc(Cl)c(I)c(C3CC3)n2)s1. The Morgan fingerprint density at radius 3 is 2.65 bits per heavy atom. The zero-order valence-electron chi connectivity index (χ0n) is 8.45. The van der Waals surface area contributed by atoms with E-state index in [0.717, 1.165) is 14.3 Å². The largest absolute Gasteiger partial charge is 0.240 e. The molecule has 0 unspecified atom stereocenters. The highest BCUT2D eigenvalue weighted by molar-refractivity contribution is 14.1. The van der Waals surface area contributed by atoms with E-state index in [1.54, 1.807) is 6.20 Å². The van der Waals surface area contributed by atoms with Crippen LogP contribution >= 0.6 is 57.1 Å². The third kappa shape index (κ3) is 2.43. The molecule has 2 aromatic heterocycles. The fourth-order valence-corrected chi connectivity index (χ4v) is 3.22. The van der Waals surface area contributed by atoms with E-state index in [2.05, 4.69) is 37.5 Å². The van der Waals surface area contributed by atoms with E-state index >= 15 is 0 Å². The fraction of sp³-hybridized carbons (Fsp3) is 0.300. The van der Waals surface area contributed by atoms with Crippen molar-refractivity contribution in [2.24, 2.45) is 0 Å². The van der Waals surface area contributed by atoms with Crippen LogP contribution in [-0.4, -0.2) is 15.0 Å². The molecule has 0 saturated heterocycles. The lowest BCUT2D eigenvalue weighted by molar-refractivity contribution is 0.976. The van der Waals surface area contributed by atoms with Gasteiger partial charge in [0.25, 0.3) is 0 Å². The Balaban J connectivity index is 2.11. The number of nitrogens with zero attached hydrogens (tertiary/aromatic N) is 3. The molecule has 88 valence electrons. The number of hydrogen-bond donors (Lipinski definition) is 0. The Morgan fingerprint density at radius 2 is 2.06 bits per heavy atom. The van der Waals surface area contributed by atoms with Gasteiger partial charge in [0, 0.05) is 5.92 Å². The van der Waals surface area contributed by atoms with E-state index in [4.69, 9.17) is 23.2 Å². The summed E-state index contributed by atoms with van der Waals surface area (Å²) in [5.41, 5.74) is 1.05. The predicted octanol–water partition coefficient (Wildman–Crippen LogP) is 4.39. The van der Waals surface area contributed by atoms with Gasteiger partial charge in [0.1, 0.15) is 9.49 Å². The van der Waals surface area contributed by atoms with E-state index in [1.165, 1.54) is 24.2 Å². The van der Waals surface area contributed by atoms with Crippen molar-refractivity contribution in [3.8, 4) is 10.8 Å². The van der Waals surface area contributed by atoms with E-state index < -0.39 is 0 Å². The monoisotopic (exact) mass is 397 g/mol. The molecule has 0 amide bonds. The average Bonchev–Trinajstić information content (AvgIpc) is 3.05. The molecule has 1 aliphatic rings. The molecule has 17 heavy (non-hydrogen) atoms. The van der Waals surface area contributed by atoms with Crippen molar-refractivity contribution in [2.45, 2.75) is 18.8 Å². The van der Waals surface area contributed by atoms with Gasteiger partial charge in [0.2, 0.25) is 0 Å². The highest BCUT2D eigenvalue weighted by Crippen LogP contribution is 2.43. The number of rotatable bonds is 2. The van der Waals surface area contributed by atoms with Gasteiger partial charge in [0.05, 0.1) is 15.5 Å². The molecular weight excluding hydrogens is 392 g/mol. The topological polar surface area (TPSA) is 38.7 Å². The Labute approximate surface area is 126 Å². The summed E-state index contributed by atoms with van der Waals surface area (Å²) in [5, 5.41) is 1.22. The lowest BCUT2D eigenvalue weighted by Gasteiger charge is -2.05. The molecule has 0 radical (unpaired) electrons. The summed E-state index contributed by atoms with van der Waals surface area (Å²) in [6.45, 7) is 0. The second kappa shape index (κ2) is 4.60. The predicted molar refractivity (Wildman–Crippen MR) is 77.9 cm³/mol. The van der Waals surface area contributed by atoms with Crippen LogP contribution in [-0.2, 0) is 0 Å². The zero-order valence-corrected chi connectivity index (χ0v) is 12.9. The quantitative estimate of drug-likeness (QED) is 0.557. The summed E-state index contributed by atoms with van der Waals surface area (Å²) < 4.78 is 1.59. The summed E-state index contributed by atoms with van der Waals surface area (Å²) >= 11 is 15.6. The van der Waals surface area contributed by atoms with Gasteiger partial charge in [0.15, 0.2) is 10.8 Å². The molecular formula is C10H6Cl2IN3S. The van der Waals surface area contributed by atoms with Gasteiger partial charge in [-0.15, -0.1) is 0 Å². The molecule has 7 heteroatoms. The van der Waals surface area contributed by atoms with Crippen molar-refractivity contribution in [3.05, 3.63) is 25.0 Å². The lowest BCUT2D eigenvalue weighted by atomic mass is 10.3. The van der Waals surface area contributed by atoms with Crippen LogP contribution in [0.4, 0.5) is 0 Å². The molecule has 2 heterocycles. The molecule has 1 saturated carbocycles. The van der Waals surface area contributed by atoms with Crippen LogP contribution in [0.15, 0.2) is 6.20 Å². The van der Waals surface area contributed by atoms with Gasteiger partial charge < -0.3 is 0 Å². The summed E-state index contributed by atoms with van der Waals surface area (Å²) in [7, 11) is 0. The summed E-state index contributed by atoms with van der Waals surface area (Å²) in [6, 6.07) is 0. The number of halogens is 3. The molecule has 0 spiro atoms. The van der Waals surface area contributed by atoms with Gasteiger partial charge >= 0.3 is 0 Å². The fourth-order valence-electron chi connectivity index (χ4n) is 1.52. The Morgan fingerprint density at radius 1 is 1.29 bits per heavy atom. The van der Waals surface area contributed by atoms with Gasteiger partial charge in [-0.25, -0.2) is 15.0 Å². The molecule has 3 rings (SSSR count). The molecule has 1 aliphatic carbocycles. The van der Waals surface area contributed by atoms with Gasteiger partial charge in [-0.2, -0.15) is 0 Å². The van der Waals surface area contributed by atoms with Gasteiger partial charge in [-0.1, -0.05) is 34.5 Å². The number of hydrogen-bond acceptors (Lipinski definition) is 4. The third-order valence-corrected chi connectivity index (χ3v) is 5.24. The molecule has 2 aromatic rings. The van der Waals surface area contributed by atoms with E-state index in [1.807, 2.05) is 0 Å². The first-order valence-corrected chi connectivity index (χ1v) is 7.65. The lowest BCUT2D eigenvalue weighted by Crippen LogP contribution is -1.99. The van der Waals surface area contributed by atoms with E-state index in [-0.39, 0.29) is 0 Å². The minimum atomic E-state index is 0.504. The van der Waals surface area contributed by atoms with Crippen molar-refractivity contribution in [3.63, 3.8) is 0 Å². The Bertz CT molecular complexity index is 583. The van der Waals surface area contributed by atoms with Crippen LogP contribution in [0.2, 0.25) is 9.49 Å². The second-order valence-corrected chi connectivity index (χ2v) is 6.88. The smallest absolute Gasteiger partial charge is 0.190 e. The van der Waals surface area contributed by atoms with E-state index in [0.29, 0.717) is 21.2 Å². The minimum Gasteiger partial charge on any atom is -0.240 e. The summed E-state index contributed by atoms with van der Waals surface area (Å²) in [5.74, 6) is 1.12. The highest BCUT2D eigenvalue weighted by atomic mass is 127. The molecule has 0 atom stereocenters. The van der Waals surface area contributed by atoms with Crippen molar-refractivity contribution in [2.75, 3.05) is 0 Å². The Hall–Kier alpha value is 0.0200. The number of thiazole rings is 1. The zero-order chi connectivity index (χ0) is 12.0. The summed E-state index contributed by atoms with van der Waals surface area (Å²) in [6.07, 6.45) is 3.97. The molecule has 0 aliphatic heterocycles. The minimum absolute atomic E-state index is 0.504. The second-order valence-electron chi connectivity index (χ2n) is 3.78. The third-order valence-electron chi connectivity index (χ3n) is 2.47. The number of aromatic nitrogens is 3. The van der Waals surface area contributed by atoms with Crippen LogP contribution in [0.1, 0.15) is 24.5 Å². The normalized spacial score (nSPS) is 15.2. The van der Waals surface area contributed by atoms with Crippen LogP contribution < -0.4 is 0 Å². The van der Waals surface area contributed by atoms with Crippen molar-refractivity contribution < 1.29 is 0 Å². The molecule has 1 fully saturated rings. The maximum atomic E-state index is 6.13. The van der Waals surface area contributed by atoms with Crippen molar-refractivity contribution >= 4 is 57.1 Å². The van der Waals surface area contributed by atoms with Crippen LogP contribution in [0, 0.1) is 3.57 Å². The maximum Gasteiger partial charge on any atom is 0.190 e. The Kier molecular flexibility index (Phi) is 3.27. The highest BCUT2D eigenvalue weighted by Gasteiger charge is 2.29. The van der Waals surface area contributed by atoms with Crippen LogP contribution in [0.25, 0.3) is 10.8 Å². The molecule has 0 aromatic carbocycles. The standard InChI is InChI=1S/C10H6Cl2IN3S/c11-5-3-14-10(17-5)9-15-7(4-1-2-4)6(13)8(12)16-9/h3-4H,1-2H2. The van der Waals surface area contributed by atoms with Crippen molar-refractivity contribution in [1.82, 2.24) is 15.0 Å². The molecule has 0 N–H and O–H groups in total. The first-order valence-electron chi connectivity index (χ1n) is 5.00. The van der Waals surface area contributed by atoms with Crippen LogP contribution in [0.5, 0.6) is 0 Å². The van der Waals surface area contributed by atoms with Crippen molar-refractivity contribution in [1.29, 1.82) is 0 Å². The molecule has 0 bridgehead atoms.